The van der Waals surface area contributed by atoms with Crippen LogP contribution in [0.2, 0.25) is 0 Å². The number of H-pyrrole nitrogens is 1. The van der Waals surface area contributed by atoms with Gasteiger partial charge in [-0.15, -0.1) is 0 Å². The fraction of sp³-hybridized carbons (Fsp3) is 0.231. The molecule has 0 aliphatic carbocycles. The van der Waals surface area contributed by atoms with Gasteiger partial charge in [-0.05, 0) is 75.9 Å². The summed E-state index contributed by atoms with van der Waals surface area (Å²) in [5.41, 5.74) is 4.62. The molecule has 0 saturated carbocycles. The number of halogens is 1. The first kappa shape index (κ1) is 21.7. The first-order valence-corrected chi connectivity index (χ1v) is 11.6. The normalized spacial score (nSPS) is 12.3. The van der Waals surface area contributed by atoms with Crippen LogP contribution in [-0.4, -0.2) is 25.4 Å². The Balaban J connectivity index is 1.19. The highest BCUT2D eigenvalue weighted by Gasteiger charge is 2.15. The van der Waals surface area contributed by atoms with Crippen molar-refractivity contribution in [3.8, 4) is 23.0 Å². The lowest BCUT2D eigenvalue weighted by molar-refractivity contribution is 0.174. The van der Waals surface area contributed by atoms with Gasteiger partial charge in [0.15, 0.2) is 23.0 Å². The van der Waals surface area contributed by atoms with E-state index in [1.165, 1.54) is 16.5 Å². The van der Waals surface area contributed by atoms with E-state index in [-0.39, 0.29) is 6.79 Å². The fourth-order valence-electron chi connectivity index (χ4n) is 4.00. The number of ether oxygens (including phenoxy) is 4. The summed E-state index contributed by atoms with van der Waals surface area (Å²) in [7, 11) is 1.66. The summed E-state index contributed by atoms with van der Waals surface area (Å²) in [5.74, 6) is 2.88. The van der Waals surface area contributed by atoms with Crippen molar-refractivity contribution in [2.75, 3.05) is 20.4 Å². The van der Waals surface area contributed by atoms with Crippen LogP contribution in [0, 0.1) is 0 Å². The number of fused-ring (bicyclic) bond motifs is 2. The molecule has 0 unspecified atom stereocenters. The van der Waals surface area contributed by atoms with E-state index in [0.29, 0.717) is 18.1 Å². The zero-order valence-electron chi connectivity index (χ0n) is 18.3. The minimum absolute atomic E-state index is 0.260. The molecule has 7 heteroatoms. The molecule has 6 nitrogen and oxygen atoms in total. The minimum atomic E-state index is 0.260. The van der Waals surface area contributed by atoms with Crippen molar-refractivity contribution in [1.82, 2.24) is 10.3 Å². The molecule has 0 fully saturated rings. The number of methoxy groups -OCH3 is 1. The highest BCUT2D eigenvalue weighted by molar-refractivity contribution is 9.10. The van der Waals surface area contributed by atoms with E-state index in [4.69, 9.17) is 18.9 Å². The van der Waals surface area contributed by atoms with Gasteiger partial charge >= 0.3 is 0 Å². The Kier molecular flexibility index (Phi) is 6.41. The van der Waals surface area contributed by atoms with E-state index < -0.39 is 0 Å². The molecule has 0 bridgehead atoms. The lowest BCUT2D eigenvalue weighted by Gasteiger charge is -2.15. The zero-order valence-corrected chi connectivity index (χ0v) is 19.9. The average Bonchev–Trinajstić information content (AvgIpc) is 3.47. The van der Waals surface area contributed by atoms with Gasteiger partial charge in [-0.3, -0.25) is 0 Å². The van der Waals surface area contributed by atoms with Gasteiger partial charge in [0.2, 0.25) is 6.79 Å². The quantitative estimate of drug-likeness (QED) is 0.289. The Labute approximate surface area is 200 Å². The second-order valence-electron chi connectivity index (χ2n) is 7.87. The molecule has 1 aliphatic heterocycles. The van der Waals surface area contributed by atoms with Gasteiger partial charge in [-0.25, -0.2) is 0 Å². The maximum atomic E-state index is 6.08. The Morgan fingerprint density at radius 3 is 2.82 bits per heavy atom. The van der Waals surface area contributed by atoms with Crippen LogP contribution in [-0.2, 0) is 19.6 Å². The molecule has 4 aromatic rings. The van der Waals surface area contributed by atoms with Crippen molar-refractivity contribution in [2.24, 2.45) is 0 Å². The summed E-state index contributed by atoms with van der Waals surface area (Å²) in [6, 6.07) is 18.3. The standard InChI is InChI=1S/C26H25BrN2O4/c1-30-25-12-18(13-28-9-8-19-14-29-22-5-3-2-4-20(19)22)10-21(27)26(25)31-15-17-6-7-23-24(11-17)33-16-32-23/h2-7,10-12,14,28-29H,8-9,13,15-16H2,1H3. The Hall–Kier alpha value is -3.16. The molecule has 1 aliphatic rings. The number of hydrogen-bond donors (Lipinski definition) is 2. The second kappa shape index (κ2) is 9.77. The molecule has 5 rings (SSSR count). The van der Waals surface area contributed by atoms with Crippen LogP contribution in [0.4, 0.5) is 0 Å². The predicted molar refractivity (Wildman–Crippen MR) is 131 cm³/mol. The molecule has 0 spiro atoms. The van der Waals surface area contributed by atoms with E-state index >= 15 is 0 Å². The van der Waals surface area contributed by atoms with Crippen LogP contribution < -0.4 is 24.3 Å². The monoisotopic (exact) mass is 508 g/mol. The van der Waals surface area contributed by atoms with Crippen molar-refractivity contribution in [3.63, 3.8) is 0 Å². The van der Waals surface area contributed by atoms with Crippen LogP contribution in [0.5, 0.6) is 23.0 Å². The third-order valence-corrected chi connectivity index (χ3v) is 6.27. The number of rotatable bonds is 9. The third kappa shape index (κ3) is 4.79. The summed E-state index contributed by atoms with van der Waals surface area (Å²) in [4.78, 5) is 3.33. The molecule has 33 heavy (non-hydrogen) atoms. The van der Waals surface area contributed by atoms with Gasteiger partial charge in [-0.2, -0.15) is 0 Å². The summed E-state index contributed by atoms with van der Waals surface area (Å²) >= 11 is 3.65. The van der Waals surface area contributed by atoms with Gasteiger partial charge in [0.25, 0.3) is 0 Å². The molecular formula is C26H25BrN2O4. The molecule has 3 aromatic carbocycles. The van der Waals surface area contributed by atoms with Crippen LogP contribution >= 0.6 is 15.9 Å². The minimum Gasteiger partial charge on any atom is -0.493 e. The predicted octanol–water partition coefficient (Wildman–Crippen LogP) is 5.58. The summed E-state index contributed by atoms with van der Waals surface area (Å²) in [6.45, 7) is 2.27. The van der Waals surface area contributed by atoms with Gasteiger partial charge in [0.05, 0.1) is 11.6 Å². The lowest BCUT2D eigenvalue weighted by Crippen LogP contribution is -2.16. The maximum Gasteiger partial charge on any atom is 0.231 e. The zero-order chi connectivity index (χ0) is 22.6. The second-order valence-corrected chi connectivity index (χ2v) is 8.73. The number of hydrogen-bond acceptors (Lipinski definition) is 5. The maximum absolute atomic E-state index is 6.08. The highest BCUT2D eigenvalue weighted by Crippen LogP contribution is 2.38. The average molecular weight is 509 g/mol. The van der Waals surface area contributed by atoms with E-state index in [1.807, 2.05) is 24.3 Å². The first-order valence-electron chi connectivity index (χ1n) is 10.8. The number of nitrogens with one attached hydrogen (secondary N) is 2. The van der Waals surface area contributed by atoms with Crippen LogP contribution in [0.25, 0.3) is 10.9 Å². The largest absolute Gasteiger partial charge is 0.493 e. The molecule has 1 aromatic heterocycles. The Bertz CT molecular complexity index is 1270. The van der Waals surface area contributed by atoms with Crippen LogP contribution in [0.1, 0.15) is 16.7 Å². The fourth-order valence-corrected chi connectivity index (χ4v) is 4.60. The van der Waals surface area contributed by atoms with Crippen molar-refractivity contribution in [2.45, 2.75) is 19.6 Å². The van der Waals surface area contributed by atoms with Crippen molar-refractivity contribution < 1.29 is 18.9 Å². The first-order chi connectivity index (χ1) is 16.2. The number of aromatic nitrogens is 1. The van der Waals surface area contributed by atoms with Gasteiger partial charge in [0, 0.05) is 23.6 Å². The van der Waals surface area contributed by atoms with Crippen molar-refractivity contribution in [1.29, 1.82) is 0 Å². The molecule has 170 valence electrons. The molecule has 0 radical (unpaired) electrons. The van der Waals surface area contributed by atoms with E-state index in [2.05, 4.69) is 62.8 Å². The van der Waals surface area contributed by atoms with Crippen molar-refractivity contribution >= 4 is 26.8 Å². The Morgan fingerprint density at radius 2 is 1.91 bits per heavy atom. The number of aromatic amines is 1. The van der Waals surface area contributed by atoms with E-state index in [1.54, 1.807) is 7.11 Å². The van der Waals surface area contributed by atoms with E-state index in [9.17, 15) is 0 Å². The van der Waals surface area contributed by atoms with Gasteiger partial charge in [0.1, 0.15) is 6.61 Å². The lowest BCUT2D eigenvalue weighted by atomic mass is 10.1. The van der Waals surface area contributed by atoms with Gasteiger partial charge in [-0.1, -0.05) is 24.3 Å². The topological polar surface area (TPSA) is 64.7 Å². The molecular weight excluding hydrogens is 484 g/mol. The molecule has 0 atom stereocenters. The smallest absolute Gasteiger partial charge is 0.231 e. The highest BCUT2D eigenvalue weighted by atomic mass is 79.9. The molecule has 0 saturated heterocycles. The summed E-state index contributed by atoms with van der Waals surface area (Å²) in [6.07, 6.45) is 3.05. The van der Waals surface area contributed by atoms with E-state index in [0.717, 1.165) is 46.6 Å². The van der Waals surface area contributed by atoms with Crippen LogP contribution in [0.3, 0.4) is 0 Å². The molecule has 2 heterocycles. The SMILES string of the molecule is COc1cc(CNCCc2c[nH]c3ccccc23)cc(Br)c1OCc1ccc2c(c1)OCO2. The van der Waals surface area contributed by atoms with Crippen LogP contribution in [0.15, 0.2) is 65.3 Å². The molecule has 0 amide bonds. The van der Waals surface area contributed by atoms with Gasteiger partial charge < -0.3 is 29.2 Å². The Morgan fingerprint density at radius 1 is 1.03 bits per heavy atom. The van der Waals surface area contributed by atoms with Crippen molar-refractivity contribution in [3.05, 3.63) is 82.0 Å². The number of para-hydroxylation sites is 1. The number of benzene rings is 3. The molecule has 2 N–H and O–H groups in total. The summed E-state index contributed by atoms with van der Waals surface area (Å²) in [5, 5.41) is 4.81. The third-order valence-electron chi connectivity index (χ3n) is 5.68. The summed E-state index contributed by atoms with van der Waals surface area (Å²) < 4.78 is 23.4.